The molecule has 0 saturated carbocycles. The molecule has 136 valence electrons. The number of rotatable bonds is 6. The van der Waals surface area contributed by atoms with E-state index in [1.165, 1.54) is 37.1 Å². The van der Waals surface area contributed by atoms with Crippen LogP contribution in [-0.2, 0) is 11.4 Å². The average molecular weight is 353 g/mol. The summed E-state index contributed by atoms with van der Waals surface area (Å²) in [4.78, 5) is 18.1. The first-order chi connectivity index (χ1) is 12.6. The Morgan fingerprint density at radius 3 is 2.73 bits per heavy atom. The van der Waals surface area contributed by atoms with Gasteiger partial charge in [0.2, 0.25) is 0 Å². The Bertz CT molecular complexity index is 799. The van der Waals surface area contributed by atoms with Crippen molar-refractivity contribution in [1.82, 2.24) is 0 Å². The molecular weight excluding hydrogens is 330 g/mol. The van der Waals surface area contributed by atoms with Crippen LogP contribution in [0.5, 0.6) is 0 Å². The van der Waals surface area contributed by atoms with Crippen molar-refractivity contribution in [3.8, 4) is 0 Å². The highest BCUT2D eigenvalue weighted by Crippen LogP contribution is 2.22. The molecule has 3 rings (SSSR count). The van der Waals surface area contributed by atoms with Crippen LogP contribution in [0, 0.1) is 17.0 Å². The summed E-state index contributed by atoms with van der Waals surface area (Å²) in [7, 11) is 0. The van der Waals surface area contributed by atoms with E-state index in [9.17, 15) is 10.1 Å². The topological polar surface area (TPSA) is 68.0 Å². The maximum absolute atomic E-state index is 10.8. The smallest absolute Gasteiger partial charge is 0.269 e. The first kappa shape index (κ1) is 17.9. The van der Waals surface area contributed by atoms with Gasteiger partial charge in [-0.15, -0.1) is 0 Å². The molecule has 1 aliphatic rings. The van der Waals surface area contributed by atoms with Crippen molar-refractivity contribution < 1.29 is 9.76 Å². The number of anilines is 1. The van der Waals surface area contributed by atoms with Crippen LogP contribution in [0.2, 0.25) is 0 Å². The molecule has 1 saturated heterocycles. The van der Waals surface area contributed by atoms with Gasteiger partial charge >= 0.3 is 0 Å². The number of nitro groups is 1. The van der Waals surface area contributed by atoms with Crippen LogP contribution in [0.4, 0.5) is 11.4 Å². The summed E-state index contributed by atoms with van der Waals surface area (Å²) in [5.41, 5.74) is 4.19. The maximum Gasteiger partial charge on any atom is 0.269 e. The minimum Gasteiger partial charge on any atom is -0.391 e. The second kappa shape index (κ2) is 8.47. The SMILES string of the molecule is Cc1cc(N2CCCCC2)ccc1/C=N\OCc1cccc([N+](=O)[O-])c1. The van der Waals surface area contributed by atoms with Gasteiger partial charge in [0.05, 0.1) is 11.1 Å². The van der Waals surface area contributed by atoms with Crippen molar-refractivity contribution in [2.24, 2.45) is 5.16 Å². The lowest BCUT2D eigenvalue weighted by Crippen LogP contribution is -2.29. The molecule has 0 aliphatic carbocycles. The highest BCUT2D eigenvalue weighted by Gasteiger charge is 2.11. The molecule has 0 amide bonds. The quantitative estimate of drug-likeness (QED) is 0.437. The molecule has 0 aromatic heterocycles. The van der Waals surface area contributed by atoms with Gasteiger partial charge in [0.15, 0.2) is 0 Å². The number of aryl methyl sites for hydroxylation is 1. The maximum atomic E-state index is 10.8. The van der Waals surface area contributed by atoms with E-state index >= 15 is 0 Å². The van der Waals surface area contributed by atoms with Gasteiger partial charge in [-0.1, -0.05) is 23.4 Å². The molecule has 0 N–H and O–H groups in total. The van der Waals surface area contributed by atoms with E-state index in [0.717, 1.165) is 24.2 Å². The Labute approximate surface area is 153 Å². The van der Waals surface area contributed by atoms with E-state index in [1.54, 1.807) is 18.3 Å². The zero-order chi connectivity index (χ0) is 18.4. The lowest BCUT2D eigenvalue weighted by molar-refractivity contribution is -0.384. The molecule has 26 heavy (non-hydrogen) atoms. The highest BCUT2D eigenvalue weighted by molar-refractivity contribution is 5.82. The summed E-state index contributed by atoms with van der Waals surface area (Å²) in [5.74, 6) is 0. The number of hydrogen-bond donors (Lipinski definition) is 0. The van der Waals surface area contributed by atoms with Gasteiger partial charge in [0.1, 0.15) is 6.61 Å². The van der Waals surface area contributed by atoms with Crippen molar-refractivity contribution in [1.29, 1.82) is 0 Å². The van der Waals surface area contributed by atoms with Gasteiger partial charge in [0.25, 0.3) is 5.69 Å². The van der Waals surface area contributed by atoms with Crippen LogP contribution >= 0.6 is 0 Å². The molecule has 0 unspecified atom stereocenters. The number of non-ortho nitro benzene ring substituents is 1. The van der Waals surface area contributed by atoms with E-state index in [1.807, 2.05) is 0 Å². The first-order valence-corrected chi connectivity index (χ1v) is 8.88. The molecule has 0 radical (unpaired) electrons. The fraction of sp³-hybridized carbons (Fsp3) is 0.350. The second-order valence-electron chi connectivity index (χ2n) is 6.52. The van der Waals surface area contributed by atoms with Crippen molar-refractivity contribution in [3.63, 3.8) is 0 Å². The lowest BCUT2D eigenvalue weighted by atomic mass is 10.1. The van der Waals surface area contributed by atoms with Gasteiger partial charge in [-0.25, -0.2) is 0 Å². The van der Waals surface area contributed by atoms with Gasteiger partial charge in [-0.05, 0) is 55.0 Å². The predicted octanol–water partition coefficient (Wildman–Crippen LogP) is 4.44. The zero-order valence-electron chi connectivity index (χ0n) is 14.9. The zero-order valence-corrected chi connectivity index (χ0v) is 14.9. The standard InChI is InChI=1S/C20H23N3O3/c1-16-12-19(22-10-3-2-4-11-22)9-8-18(16)14-21-26-15-17-6-5-7-20(13-17)23(24)25/h5-9,12-14H,2-4,10-11,15H2,1H3/b21-14-. The molecule has 6 heteroatoms. The number of oxime groups is 1. The molecule has 0 bridgehead atoms. The van der Waals surface area contributed by atoms with Gasteiger partial charge in [-0.2, -0.15) is 0 Å². The predicted molar refractivity (Wildman–Crippen MR) is 103 cm³/mol. The van der Waals surface area contributed by atoms with Crippen LogP contribution in [0.1, 0.15) is 36.0 Å². The van der Waals surface area contributed by atoms with Gasteiger partial charge < -0.3 is 9.74 Å². The molecule has 6 nitrogen and oxygen atoms in total. The fourth-order valence-electron chi connectivity index (χ4n) is 3.12. The molecule has 1 heterocycles. The Balaban J connectivity index is 1.58. The number of nitro benzene ring substituents is 1. The summed E-state index contributed by atoms with van der Waals surface area (Å²) in [6, 6.07) is 12.7. The number of hydrogen-bond acceptors (Lipinski definition) is 5. The van der Waals surface area contributed by atoms with E-state index in [-0.39, 0.29) is 12.3 Å². The Morgan fingerprint density at radius 1 is 1.19 bits per heavy atom. The summed E-state index contributed by atoms with van der Waals surface area (Å²) in [6.45, 7) is 4.51. The van der Waals surface area contributed by atoms with Gasteiger partial charge in [-0.3, -0.25) is 10.1 Å². The normalized spacial score (nSPS) is 14.6. The molecule has 0 atom stereocenters. The van der Waals surface area contributed by atoms with Crippen LogP contribution in [0.25, 0.3) is 0 Å². The van der Waals surface area contributed by atoms with E-state index < -0.39 is 4.92 Å². The summed E-state index contributed by atoms with van der Waals surface area (Å²) < 4.78 is 0. The third-order valence-electron chi connectivity index (χ3n) is 4.59. The second-order valence-corrected chi connectivity index (χ2v) is 6.52. The van der Waals surface area contributed by atoms with Crippen LogP contribution in [-0.4, -0.2) is 24.2 Å². The summed E-state index contributed by atoms with van der Waals surface area (Å²) in [6.07, 6.45) is 5.52. The van der Waals surface area contributed by atoms with Crippen LogP contribution < -0.4 is 4.90 Å². The van der Waals surface area contributed by atoms with E-state index in [0.29, 0.717) is 5.56 Å². The van der Waals surface area contributed by atoms with Gasteiger partial charge in [0, 0.05) is 30.9 Å². The van der Waals surface area contributed by atoms with Crippen molar-refractivity contribution >= 4 is 17.6 Å². The molecule has 0 spiro atoms. The number of benzene rings is 2. The summed E-state index contributed by atoms with van der Waals surface area (Å²) >= 11 is 0. The summed E-state index contributed by atoms with van der Waals surface area (Å²) in [5, 5.41) is 14.8. The number of nitrogens with zero attached hydrogens (tertiary/aromatic N) is 3. The fourth-order valence-corrected chi connectivity index (χ4v) is 3.12. The molecule has 1 fully saturated rings. The van der Waals surface area contributed by atoms with Crippen molar-refractivity contribution in [2.75, 3.05) is 18.0 Å². The molecular formula is C20H23N3O3. The largest absolute Gasteiger partial charge is 0.391 e. The third kappa shape index (κ3) is 4.59. The highest BCUT2D eigenvalue weighted by atomic mass is 16.6. The van der Waals surface area contributed by atoms with Crippen molar-refractivity contribution in [2.45, 2.75) is 32.8 Å². The molecule has 2 aromatic carbocycles. The average Bonchev–Trinajstić information content (AvgIpc) is 2.67. The van der Waals surface area contributed by atoms with Crippen LogP contribution in [0.15, 0.2) is 47.6 Å². The monoisotopic (exact) mass is 353 g/mol. The first-order valence-electron chi connectivity index (χ1n) is 8.88. The minimum atomic E-state index is -0.417. The van der Waals surface area contributed by atoms with E-state index in [4.69, 9.17) is 4.84 Å². The Kier molecular flexibility index (Phi) is 5.84. The third-order valence-corrected chi connectivity index (χ3v) is 4.59. The lowest BCUT2D eigenvalue weighted by Gasteiger charge is -2.29. The Hall–Kier alpha value is -2.89. The number of piperidine rings is 1. The van der Waals surface area contributed by atoms with Crippen molar-refractivity contribution in [3.05, 3.63) is 69.3 Å². The van der Waals surface area contributed by atoms with E-state index in [2.05, 4.69) is 35.2 Å². The minimum absolute atomic E-state index is 0.0548. The molecule has 2 aromatic rings. The molecule has 1 aliphatic heterocycles. The Morgan fingerprint density at radius 2 is 2.00 bits per heavy atom. The van der Waals surface area contributed by atoms with Crippen LogP contribution in [0.3, 0.4) is 0 Å².